The maximum Gasteiger partial charge on any atom is 0.306 e. The normalized spacial score (nSPS) is 23.9. The number of fused-ring (bicyclic) bond motifs is 1. The molecule has 1 unspecified atom stereocenters. The maximum atomic E-state index is 12.4. The summed E-state index contributed by atoms with van der Waals surface area (Å²) in [4.78, 5) is 49.4. The fourth-order valence-electron chi connectivity index (χ4n) is 4.48. The van der Waals surface area contributed by atoms with E-state index in [0.29, 0.717) is 24.3 Å². The van der Waals surface area contributed by atoms with Crippen molar-refractivity contribution >= 4 is 31.4 Å². The van der Waals surface area contributed by atoms with Gasteiger partial charge in [-0.2, -0.15) is 0 Å². The molecule has 0 bridgehead atoms. The number of ether oxygens (including phenoxy) is 3. The Hall–Kier alpha value is -2.52. The van der Waals surface area contributed by atoms with Crippen LogP contribution in [-0.2, 0) is 23.8 Å². The molecule has 1 aromatic rings. The molecule has 0 aliphatic carbocycles. The van der Waals surface area contributed by atoms with Crippen molar-refractivity contribution < 1.29 is 33.4 Å². The Morgan fingerprint density at radius 2 is 1.65 bits per heavy atom. The second-order valence-electron chi connectivity index (χ2n) is 9.00. The molecular formula is C25H34BNO7. The summed E-state index contributed by atoms with van der Waals surface area (Å²) in [6.07, 6.45) is 3.33. The molecule has 3 rings (SSSR count). The third kappa shape index (κ3) is 6.33. The lowest BCUT2D eigenvalue weighted by Gasteiger charge is -2.24. The summed E-state index contributed by atoms with van der Waals surface area (Å²) in [5, 5.41) is 0. The van der Waals surface area contributed by atoms with Crippen molar-refractivity contribution in [3.05, 3.63) is 35.4 Å². The Morgan fingerprint density at radius 1 is 1.00 bits per heavy atom. The number of Topliss-reactive ketones (excluding diaryl/α,β-unsaturated/α-hetero) is 1. The molecule has 0 N–H and O–H groups in total. The van der Waals surface area contributed by atoms with Crippen molar-refractivity contribution in [2.24, 2.45) is 0 Å². The van der Waals surface area contributed by atoms with Gasteiger partial charge in [-0.25, -0.2) is 0 Å². The minimum absolute atomic E-state index is 0.0464. The minimum Gasteiger partial charge on any atom is -0.458 e. The number of rotatable bonds is 13. The van der Waals surface area contributed by atoms with Crippen molar-refractivity contribution in [3.63, 3.8) is 0 Å². The molecule has 2 amide bonds. The van der Waals surface area contributed by atoms with E-state index in [1.165, 1.54) is 11.8 Å². The Kier molecular flexibility index (Phi) is 9.41. The lowest BCUT2D eigenvalue weighted by molar-refractivity contribution is -0.156. The fourth-order valence-corrected chi connectivity index (χ4v) is 4.48. The molecule has 2 aliphatic heterocycles. The van der Waals surface area contributed by atoms with E-state index in [2.05, 4.69) is 0 Å². The standard InChI is InChI=1S/C25H34BNO7/c1-3-19-21(22(23(26)33-19)34-20(29)13-12-16(2)28)32-15-9-5-4-8-14-27-24(30)17-10-6-7-11-18(17)25(27)31/h6-7,10-11,19,21-23H,3-5,8-9,12-15,26H2,1-2H3/t19-,21+,22?,23-/m1/s1. The number of hydrogen-bond acceptors (Lipinski definition) is 7. The highest BCUT2D eigenvalue weighted by atomic mass is 16.6. The van der Waals surface area contributed by atoms with Gasteiger partial charge in [0.15, 0.2) is 0 Å². The van der Waals surface area contributed by atoms with Crippen LogP contribution in [0.1, 0.15) is 79.5 Å². The molecule has 4 atom stereocenters. The Bertz CT molecular complexity index is 870. The molecule has 0 spiro atoms. The zero-order valence-corrected chi connectivity index (χ0v) is 20.3. The number of carbonyl (C=O) groups excluding carboxylic acids is 4. The van der Waals surface area contributed by atoms with Gasteiger partial charge in [0.25, 0.3) is 11.8 Å². The Labute approximate surface area is 201 Å². The van der Waals surface area contributed by atoms with Crippen molar-refractivity contribution in [2.75, 3.05) is 13.2 Å². The van der Waals surface area contributed by atoms with Gasteiger partial charge < -0.3 is 19.0 Å². The van der Waals surface area contributed by atoms with E-state index in [1.54, 1.807) is 24.3 Å². The zero-order chi connectivity index (χ0) is 24.7. The first-order chi connectivity index (χ1) is 16.3. The monoisotopic (exact) mass is 471 g/mol. The summed E-state index contributed by atoms with van der Waals surface area (Å²) < 4.78 is 17.6. The molecule has 8 nitrogen and oxygen atoms in total. The van der Waals surface area contributed by atoms with Gasteiger partial charge in [0.05, 0.1) is 29.7 Å². The molecule has 1 aromatic carbocycles. The number of carbonyl (C=O) groups is 4. The number of unbranched alkanes of at least 4 members (excludes halogenated alkanes) is 3. The summed E-state index contributed by atoms with van der Waals surface area (Å²) in [7, 11) is 1.87. The van der Waals surface area contributed by atoms with Crippen molar-refractivity contribution in [1.82, 2.24) is 4.90 Å². The van der Waals surface area contributed by atoms with E-state index in [4.69, 9.17) is 14.2 Å². The summed E-state index contributed by atoms with van der Waals surface area (Å²) in [5.41, 5.74) is 0.965. The van der Waals surface area contributed by atoms with Crippen molar-refractivity contribution in [2.45, 2.75) is 83.1 Å². The van der Waals surface area contributed by atoms with Gasteiger partial charge in [0.1, 0.15) is 25.8 Å². The third-order valence-electron chi connectivity index (χ3n) is 6.36. The van der Waals surface area contributed by atoms with Gasteiger partial charge in [0, 0.05) is 19.6 Å². The van der Waals surface area contributed by atoms with Crippen LogP contribution in [0.5, 0.6) is 0 Å². The topological polar surface area (TPSA) is 99.2 Å². The van der Waals surface area contributed by atoms with Gasteiger partial charge in [-0.1, -0.05) is 31.9 Å². The van der Waals surface area contributed by atoms with Crippen LogP contribution in [0.15, 0.2) is 24.3 Å². The molecule has 2 heterocycles. The summed E-state index contributed by atoms with van der Waals surface area (Å²) >= 11 is 0. The van der Waals surface area contributed by atoms with E-state index >= 15 is 0 Å². The molecule has 1 saturated heterocycles. The third-order valence-corrected chi connectivity index (χ3v) is 6.36. The number of ketones is 1. The van der Waals surface area contributed by atoms with Crippen LogP contribution in [0.2, 0.25) is 0 Å². The summed E-state index contributed by atoms with van der Waals surface area (Å²) in [5.74, 6) is -0.883. The fraction of sp³-hybridized carbons (Fsp3) is 0.600. The quantitative estimate of drug-likeness (QED) is 0.188. The lowest BCUT2D eigenvalue weighted by Crippen LogP contribution is -2.39. The average molecular weight is 471 g/mol. The van der Waals surface area contributed by atoms with Crippen LogP contribution < -0.4 is 0 Å². The molecule has 0 saturated carbocycles. The van der Waals surface area contributed by atoms with Crippen LogP contribution in [0, 0.1) is 0 Å². The van der Waals surface area contributed by atoms with E-state index in [0.717, 1.165) is 32.1 Å². The molecule has 34 heavy (non-hydrogen) atoms. The smallest absolute Gasteiger partial charge is 0.306 e. The number of nitrogens with zero attached hydrogens (tertiary/aromatic N) is 1. The predicted molar refractivity (Wildman–Crippen MR) is 127 cm³/mol. The van der Waals surface area contributed by atoms with E-state index in [-0.39, 0.29) is 48.7 Å². The van der Waals surface area contributed by atoms with E-state index < -0.39 is 12.1 Å². The van der Waals surface area contributed by atoms with Gasteiger partial charge in [-0.05, 0) is 38.3 Å². The van der Waals surface area contributed by atoms with Gasteiger partial charge in [-0.15, -0.1) is 0 Å². The second kappa shape index (κ2) is 12.3. The highest BCUT2D eigenvalue weighted by Gasteiger charge is 2.44. The minimum atomic E-state index is -0.488. The van der Waals surface area contributed by atoms with Crippen LogP contribution in [0.4, 0.5) is 0 Å². The molecular weight excluding hydrogens is 437 g/mol. The number of esters is 1. The van der Waals surface area contributed by atoms with Crippen LogP contribution in [-0.4, -0.2) is 73.8 Å². The molecule has 1 fully saturated rings. The highest BCUT2D eigenvalue weighted by Crippen LogP contribution is 2.28. The molecule has 184 valence electrons. The molecule has 9 heteroatoms. The molecule has 0 radical (unpaired) electrons. The van der Waals surface area contributed by atoms with Crippen LogP contribution in [0.25, 0.3) is 0 Å². The summed E-state index contributed by atoms with van der Waals surface area (Å²) in [6.45, 7) is 4.38. The number of hydrogen-bond donors (Lipinski definition) is 0. The second-order valence-corrected chi connectivity index (χ2v) is 9.00. The van der Waals surface area contributed by atoms with E-state index in [9.17, 15) is 19.2 Å². The van der Waals surface area contributed by atoms with Gasteiger partial charge in [0.2, 0.25) is 0 Å². The van der Waals surface area contributed by atoms with Gasteiger partial charge >= 0.3 is 5.97 Å². The van der Waals surface area contributed by atoms with Crippen LogP contribution in [0.3, 0.4) is 0 Å². The Balaban J connectivity index is 1.37. The van der Waals surface area contributed by atoms with E-state index in [1.807, 2.05) is 14.8 Å². The number of imide groups is 1. The van der Waals surface area contributed by atoms with Crippen LogP contribution >= 0.6 is 0 Å². The number of amides is 2. The summed E-state index contributed by atoms with van der Waals surface area (Å²) in [6, 6.07) is 6.65. The Morgan fingerprint density at radius 3 is 2.26 bits per heavy atom. The predicted octanol–water partition coefficient (Wildman–Crippen LogP) is 2.28. The highest BCUT2D eigenvalue weighted by molar-refractivity contribution is 6.21. The SMILES string of the molecule is B[C@@H]1O[C@H](CC)[C@H](OCCCCCCN2C(=O)c3ccccc3C2=O)C1OC(=O)CCC(C)=O. The zero-order valence-electron chi connectivity index (χ0n) is 20.3. The largest absolute Gasteiger partial charge is 0.458 e. The average Bonchev–Trinajstić information content (AvgIpc) is 3.25. The van der Waals surface area contributed by atoms with Crippen molar-refractivity contribution in [1.29, 1.82) is 0 Å². The van der Waals surface area contributed by atoms with Gasteiger partial charge in [-0.3, -0.25) is 19.3 Å². The lowest BCUT2D eigenvalue weighted by atomic mass is 9.92. The number of benzene rings is 1. The molecule has 2 aliphatic rings. The first-order valence-corrected chi connectivity index (χ1v) is 12.2. The van der Waals surface area contributed by atoms with Crippen molar-refractivity contribution in [3.8, 4) is 0 Å². The maximum absolute atomic E-state index is 12.4. The molecule has 0 aromatic heterocycles. The first-order valence-electron chi connectivity index (χ1n) is 12.2. The first kappa shape index (κ1) is 26.1.